The van der Waals surface area contributed by atoms with Crippen molar-refractivity contribution in [1.82, 2.24) is 25.4 Å². The lowest BCUT2D eigenvalue weighted by atomic mass is 10.0. The van der Waals surface area contributed by atoms with Gasteiger partial charge in [0.25, 0.3) is 0 Å². The highest BCUT2D eigenvalue weighted by Gasteiger charge is 2.32. The van der Waals surface area contributed by atoms with Gasteiger partial charge in [0.2, 0.25) is 24.1 Å². The van der Waals surface area contributed by atoms with Crippen molar-refractivity contribution < 1.29 is 28.7 Å². The van der Waals surface area contributed by atoms with Crippen LogP contribution in [-0.4, -0.2) is 77.0 Å². The van der Waals surface area contributed by atoms with Gasteiger partial charge in [-0.15, -0.1) is 0 Å². The lowest BCUT2D eigenvalue weighted by molar-refractivity contribution is -0.137. The van der Waals surface area contributed by atoms with Gasteiger partial charge < -0.3 is 31.3 Å². The summed E-state index contributed by atoms with van der Waals surface area (Å²) in [6, 6.07) is 22.9. The van der Waals surface area contributed by atoms with E-state index in [1.54, 1.807) is 51.0 Å². The Morgan fingerprint density at radius 2 is 1.39 bits per heavy atom. The summed E-state index contributed by atoms with van der Waals surface area (Å²) in [4.78, 5) is 68.4. The number of benzene rings is 3. The van der Waals surface area contributed by atoms with Gasteiger partial charge in [0.1, 0.15) is 23.7 Å². The van der Waals surface area contributed by atoms with Crippen molar-refractivity contribution in [2.45, 2.75) is 76.7 Å². The molecule has 0 saturated heterocycles. The van der Waals surface area contributed by atoms with Crippen LogP contribution >= 0.6 is 0 Å². The molecule has 0 aliphatic heterocycles. The van der Waals surface area contributed by atoms with E-state index in [0.29, 0.717) is 30.5 Å². The number of carbonyl (C=O) groups is 5. The van der Waals surface area contributed by atoms with Crippen molar-refractivity contribution >= 4 is 41.1 Å². The molecular formula is C39H48N6O6. The molecule has 12 nitrogen and oxygen atoms in total. The van der Waals surface area contributed by atoms with Crippen LogP contribution in [0.3, 0.4) is 0 Å². The quantitative estimate of drug-likeness (QED) is 0.130. The molecule has 51 heavy (non-hydrogen) atoms. The van der Waals surface area contributed by atoms with E-state index >= 15 is 0 Å². The van der Waals surface area contributed by atoms with Crippen LogP contribution in [0.2, 0.25) is 0 Å². The van der Waals surface area contributed by atoms with Crippen molar-refractivity contribution in [3.63, 3.8) is 0 Å². The average molecular weight is 697 g/mol. The van der Waals surface area contributed by atoms with Gasteiger partial charge in [0.15, 0.2) is 0 Å². The van der Waals surface area contributed by atoms with Crippen LogP contribution in [0.25, 0.3) is 10.9 Å². The molecule has 12 heteroatoms. The van der Waals surface area contributed by atoms with Crippen molar-refractivity contribution in [3.05, 3.63) is 108 Å². The molecule has 4 amide bonds. The molecule has 0 aliphatic carbocycles. The third-order valence-corrected chi connectivity index (χ3v) is 8.23. The molecule has 0 fully saturated rings. The molecule has 1 heterocycles. The minimum absolute atomic E-state index is 0.0128. The fourth-order valence-electron chi connectivity index (χ4n) is 5.79. The van der Waals surface area contributed by atoms with Crippen molar-refractivity contribution in [1.29, 1.82) is 0 Å². The highest BCUT2D eigenvalue weighted by Crippen LogP contribution is 2.22. The summed E-state index contributed by atoms with van der Waals surface area (Å²) in [5.41, 5.74) is 7.97. The number of hydrogen-bond donors (Lipinski definition) is 4. The lowest BCUT2D eigenvalue weighted by Gasteiger charge is -2.28. The number of nitrogens with zero attached hydrogens (tertiary/aromatic N) is 2. The normalized spacial score (nSPS) is 13.0. The second-order valence-electron chi connectivity index (χ2n) is 13.5. The second-order valence-corrected chi connectivity index (χ2v) is 13.5. The van der Waals surface area contributed by atoms with Gasteiger partial charge in [-0.3, -0.25) is 23.7 Å². The number of carbonyl (C=O) groups excluding carboxylic acids is 5. The van der Waals surface area contributed by atoms with Crippen LogP contribution in [0.1, 0.15) is 50.3 Å². The van der Waals surface area contributed by atoms with Gasteiger partial charge in [-0.25, -0.2) is 4.79 Å². The molecule has 3 aromatic carbocycles. The zero-order chi connectivity index (χ0) is 37.0. The topological polar surface area (TPSA) is 165 Å². The van der Waals surface area contributed by atoms with Gasteiger partial charge in [0.05, 0.1) is 5.52 Å². The van der Waals surface area contributed by atoms with E-state index in [1.165, 1.54) is 4.57 Å². The summed E-state index contributed by atoms with van der Waals surface area (Å²) in [7, 11) is 1.68. The fourth-order valence-corrected chi connectivity index (χ4v) is 5.79. The Bertz CT molecular complexity index is 1790. The second kappa shape index (κ2) is 18.0. The molecule has 0 saturated carbocycles. The molecule has 270 valence electrons. The first-order valence-corrected chi connectivity index (χ1v) is 17.1. The molecule has 0 spiro atoms. The molecule has 4 aromatic rings. The fraction of sp³-hybridized carbons (Fsp3) is 0.359. The Morgan fingerprint density at radius 1 is 0.804 bits per heavy atom. The van der Waals surface area contributed by atoms with Gasteiger partial charge >= 0.3 is 6.09 Å². The predicted molar refractivity (Wildman–Crippen MR) is 196 cm³/mol. The van der Waals surface area contributed by atoms with E-state index in [2.05, 4.69) is 16.0 Å². The van der Waals surface area contributed by atoms with Crippen molar-refractivity contribution in [3.8, 4) is 0 Å². The van der Waals surface area contributed by atoms with Gasteiger partial charge in [-0.2, -0.15) is 0 Å². The number of aromatic nitrogens is 1. The van der Waals surface area contributed by atoms with Gasteiger partial charge in [0, 0.05) is 38.0 Å². The van der Waals surface area contributed by atoms with E-state index in [1.807, 2.05) is 72.8 Å². The summed E-state index contributed by atoms with van der Waals surface area (Å²) < 4.78 is 6.80. The molecule has 1 unspecified atom stereocenters. The number of amides is 4. The molecule has 0 aliphatic rings. The summed E-state index contributed by atoms with van der Waals surface area (Å²) in [5.74, 6) is -1.55. The van der Waals surface area contributed by atoms with Gasteiger partial charge in [-0.1, -0.05) is 78.9 Å². The van der Waals surface area contributed by atoms with Crippen LogP contribution < -0.4 is 21.7 Å². The summed E-state index contributed by atoms with van der Waals surface area (Å²) in [6.45, 7) is 5.73. The summed E-state index contributed by atoms with van der Waals surface area (Å²) in [6.07, 6.45) is 2.30. The summed E-state index contributed by atoms with van der Waals surface area (Å²) in [5, 5.41) is 9.10. The first-order valence-electron chi connectivity index (χ1n) is 17.1. The van der Waals surface area contributed by atoms with Crippen molar-refractivity contribution in [2.24, 2.45) is 5.73 Å². The highest BCUT2D eigenvalue weighted by atomic mass is 16.6. The number of hydrogen-bond acceptors (Lipinski definition) is 7. The smallest absolute Gasteiger partial charge is 0.408 e. The molecule has 5 N–H and O–H groups in total. The summed E-state index contributed by atoms with van der Waals surface area (Å²) >= 11 is 0. The van der Waals surface area contributed by atoms with Crippen molar-refractivity contribution in [2.75, 3.05) is 13.6 Å². The molecule has 0 radical (unpaired) electrons. The number of nitrogens with one attached hydrogen (secondary N) is 3. The highest BCUT2D eigenvalue weighted by molar-refractivity contribution is 5.95. The maximum Gasteiger partial charge on any atom is 0.408 e. The number of rotatable bonds is 16. The first kappa shape index (κ1) is 38.3. The standard InChI is InChI=1S/C39H48N6O6/c1-39(2,3)51-38(50)43-31(19-13-21-40)35(47)41-32(23-29-25-45(26-46)34-20-12-11-18-30(29)34)36(48)42-33(22-27-14-7-5-8-15-27)37(49)44(4)24-28-16-9-6-10-17-28/h5-12,14-18,20,25-26,31-33H,13,19,21-24,40H2,1-4H3,(H,41,47)(H,42,48)(H,43,50)/t31?,32-,33+/m1/s1. The Labute approximate surface area is 298 Å². The average Bonchev–Trinajstić information content (AvgIpc) is 3.46. The van der Waals surface area contributed by atoms with Crippen LogP contribution in [-0.2, 0) is 43.3 Å². The number of para-hydroxylation sites is 1. The van der Waals surface area contributed by atoms with E-state index in [4.69, 9.17) is 10.5 Å². The minimum Gasteiger partial charge on any atom is -0.444 e. The number of ether oxygens (including phenoxy) is 1. The Balaban J connectivity index is 1.66. The molecule has 0 bridgehead atoms. The van der Waals surface area contributed by atoms with Crippen LogP contribution in [0.5, 0.6) is 0 Å². The maximum atomic E-state index is 14.3. The minimum atomic E-state index is -1.20. The van der Waals surface area contributed by atoms with Crippen LogP contribution in [0, 0.1) is 0 Å². The first-order chi connectivity index (χ1) is 24.4. The lowest BCUT2D eigenvalue weighted by Crippen LogP contribution is -2.58. The van der Waals surface area contributed by atoms with E-state index in [-0.39, 0.29) is 31.7 Å². The molecular weight excluding hydrogens is 648 g/mol. The molecule has 3 atom stereocenters. The number of likely N-dealkylation sites (N-methyl/N-ethyl adjacent to an activating group) is 1. The van der Waals surface area contributed by atoms with Crippen LogP contribution in [0.15, 0.2) is 91.1 Å². The zero-order valence-electron chi connectivity index (χ0n) is 29.6. The van der Waals surface area contributed by atoms with Crippen LogP contribution in [0.4, 0.5) is 4.79 Å². The van der Waals surface area contributed by atoms with E-state index in [9.17, 15) is 24.0 Å². The van der Waals surface area contributed by atoms with Gasteiger partial charge in [-0.05, 0) is 62.9 Å². The number of fused-ring (bicyclic) bond motifs is 1. The SMILES string of the molecule is CN(Cc1ccccc1)C(=O)[C@H](Cc1ccccc1)NC(=O)[C@@H](Cc1cn(C=O)c2ccccc12)NC(=O)C(CCCN)NC(=O)OC(C)(C)C. The molecule has 1 aromatic heterocycles. The van der Waals surface area contributed by atoms with E-state index in [0.717, 1.165) is 16.5 Å². The number of nitrogens with two attached hydrogens (primary N) is 1. The predicted octanol–water partition coefficient (Wildman–Crippen LogP) is 3.73. The Morgan fingerprint density at radius 3 is 2.02 bits per heavy atom. The molecule has 4 rings (SSSR count). The largest absolute Gasteiger partial charge is 0.444 e. The zero-order valence-corrected chi connectivity index (χ0v) is 29.6. The maximum absolute atomic E-state index is 14.3. The Hall–Kier alpha value is -5.49. The van der Waals surface area contributed by atoms with E-state index < -0.39 is 41.6 Å². The monoisotopic (exact) mass is 696 g/mol. The third kappa shape index (κ3) is 11.3. The third-order valence-electron chi connectivity index (χ3n) is 8.23. The Kier molecular flexibility index (Phi) is 13.5. The number of alkyl carbamates (subject to hydrolysis) is 1.